The first-order chi connectivity index (χ1) is 21.8. The van der Waals surface area contributed by atoms with E-state index in [9.17, 15) is 0 Å². The van der Waals surface area contributed by atoms with Gasteiger partial charge in [-0.05, 0) is 53.6 Å². The van der Waals surface area contributed by atoms with Crippen LogP contribution < -0.4 is 0 Å². The first kappa shape index (κ1) is 24.5. The van der Waals surface area contributed by atoms with E-state index in [2.05, 4.69) is 118 Å². The lowest BCUT2D eigenvalue weighted by Gasteiger charge is -2.11. The van der Waals surface area contributed by atoms with E-state index in [1.807, 2.05) is 42.5 Å². The average Bonchev–Trinajstić information content (AvgIpc) is 3.68. The Kier molecular flexibility index (Phi) is 5.43. The van der Waals surface area contributed by atoms with E-state index in [0.717, 1.165) is 78.1 Å². The zero-order valence-corrected chi connectivity index (χ0v) is 23.7. The minimum Gasteiger partial charge on any atom is -0.298 e. The maximum Gasteiger partial charge on any atom is 0.145 e. The first-order valence-corrected chi connectivity index (χ1v) is 14.7. The van der Waals surface area contributed by atoms with E-state index in [0.29, 0.717) is 0 Å². The van der Waals surface area contributed by atoms with Crippen molar-refractivity contribution in [1.82, 2.24) is 23.9 Å². The fourth-order valence-corrected chi connectivity index (χ4v) is 6.25. The van der Waals surface area contributed by atoms with Gasteiger partial charge in [-0.1, -0.05) is 103 Å². The molecule has 206 valence electrons. The smallest absolute Gasteiger partial charge is 0.145 e. The second kappa shape index (κ2) is 9.75. The average molecular weight is 564 g/mol. The predicted octanol–water partition coefficient (Wildman–Crippen LogP) is 9.38. The van der Waals surface area contributed by atoms with Crippen molar-refractivity contribution in [1.29, 1.82) is 0 Å². The second-order valence-electron chi connectivity index (χ2n) is 11.0. The molecule has 4 aromatic heterocycles. The summed E-state index contributed by atoms with van der Waals surface area (Å²) >= 11 is 0. The Morgan fingerprint density at radius 1 is 0.455 bits per heavy atom. The van der Waals surface area contributed by atoms with Gasteiger partial charge in [0.2, 0.25) is 0 Å². The predicted molar refractivity (Wildman–Crippen MR) is 179 cm³/mol. The number of imidazole rings is 2. The monoisotopic (exact) mass is 563 g/mol. The fourth-order valence-electron chi connectivity index (χ4n) is 6.25. The number of hydrogen-bond donors (Lipinski definition) is 0. The summed E-state index contributed by atoms with van der Waals surface area (Å²) in [5, 5.41) is 1.06. The Hall–Kier alpha value is -6.07. The lowest BCUT2D eigenvalue weighted by molar-refractivity contribution is 1.10. The third kappa shape index (κ3) is 3.83. The van der Waals surface area contributed by atoms with Gasteiger partial charge in [0.1, 0.15) is 17.0 Å². The van der Waals surface area contributed by atoms with Gasteiger partial charge in [-0.15, -0.1) is 0 Å². The van der Waals surface area contributed by atoms with E-state index >= 15 is 0 Å². The Labute approximate surface area is 253 Å². The van der Waals surface area contributed by atoms with Crippen molar-refractivity contribution in [2.45, 2.75) is 0 Å². The zero-order valence-electron chi connectivity index (χ0n) is 23.7. The minimum atomic E-state index is 0.916. The van der Waals surface area contributed by atoms with Crippen LogP contribution in [0.3, 0.4) is 0 Å². The Balaban J connectivity index is 1.12. The summed E-state index contributed by atoms with van der Waals surface area (Å²) < 4.78 is 4.38. The molecule has 0 saturated heterocycles. The topological polar surface area (TPSA) is 48.0 Å². The molecule has 44 heavy (non-hydrogen) atoms. The molecule has 4 heterocycles. The van der Waals surface area contributed by atoms with Crippen LogP contribution in [0, 0.1) is 0 Å². The van der Waals surface area contributed by atoms with Crippen LogP contribution in [0.15, 0.2) is 152 Å². The highest BCUT2D eigenvalue weighted by molar-refractivity contribution is 6.09. The van der Waals surface area contributed by atoms with Crippen LogP contribution >= 0.6 is 0 Å². The van der Waals surface area contributed by atoms with Crippen LogP contribution in [0.1, 0.15) is 0 Å². The molecule has 0 fully saturated rings. The van der Waals surface area contributed by atoms with E-state index in [1.165, 1.54) is 0 Å². The van der Waals surface area contributed by atoms with Crippen LogP contribution in [-0.2, 0) is 0 Å². The molecule has 0 unspecified atom stereocenters. The lowest BCUT2D eigenvalue weighted by atomic mass is 10.0. The van der Waals surface area contributed by atoms with Crippen molar-refractivity contribution >= 4 is 38.6 Å². The molecule has 0 bridgehead atoms. The standard InChI is InChI=1S/C39H25N5/c1-2-10-29(11-3-1)39-41-33-14-6-7-15-34(33)44(39)30-23-21-27(22-24-30)26-17-19-28(20-18-26)36-38-37(31-12-4-5-13-32(31)40-36)42-35-16-8-9-25-43(35)38/h1-25H. The van der Waals surface area contributed by atoms with Crippen LogP contribution in [0.2, 0.25) is 0 Å². The Morgan fingerprint density at radius 3 is 1.93 bits per heavy atom. The molecule has 9 rings (SSSR count). The molecular weight excluding hydrogens is 538 g/mol. The quantitative estimate of drug-likeness (QED) is 0.214. The molecule has 9 aromatic rings. The molecule has 0 spiro atoms. The number of fused-ring (bicyclic) bond motifs is 6. The molecule has 0 radical (unpaired) electrons. The van der Waals surface area contributed by atoms with Gasteiger partial charge in [-0.2, -0.15) is 0 Å². The van der Waals surface area contributed by atoms with Gasteiger partial charge >= 0.3 is 0 Å². The van der Waals surface area contributed by atoms with Gasteiger partial charge in [0, 0.05) is 28.4 Å². The molecule has 0 saturated carbocycles. The number of hydrogen-bond acceptors (Lipinski definition) is 3. The molecule has 5 heteroatoms. The zero-order chi connectivity index (χ0) is 29.0. The summed E-state index contributed by atoms with van der Waals surface area (Å²) in [4.78, 5) is 15.1. The summed E-state index contributed by atoms with van der Waals surface area (Å²) in [5.74, 6) is 0.936. The summed E-state index contributed by atoms with van der Waals surface area (Å²) in [6.07, 6.45) is 2.06. The summed E-state index contributed by atoms with van der Waals surface area (Å²) in [5.41, 5.74) is 12.4. The van der Waals surface area contributed by atoms with Crippen LogP contribution in [-0.4, -0.2) is 23.9 Å². The Bertz CT molecular complexity index is 2470. The number of aromatic nitrogens is 5. The fraction of sp³-hybridized carbons (Fsp3) is 0. The molecule has 0 aliphatic carbocycles. The second-order valence-corrected chi connectivity index (χ2v) is 11.0. The molecule has 5 nitrogen and oxygen atoms in total. The SMILES string of the molecule is c1ccc(-c2nc3ccccc3n2-c2ccc(-c3ccc(-c4nc5ccccc5c5nc6ccccn6c45)cc3)cc2)cc1. The van der Waals surface area contributed by atoms with Crippen LogP contribution in [0.5, 0.6) is 0 Å². The number of rotatable bonds is 4. The van der Waals surface area contributed by atoms with Crippen molar-refractivity contribution < 1.29 is 0 Å². The molecule has 0 aliphatic heterocycles. The third-order valence-electron chi connectivity index (χ3n) is 8.36. The molecule has 0 amide bonds. The summed E-state index contributed by atoms with van der Waals surface area (Å²) in [7, 11) is 0. The first-order valence-electron chi connectivity index (χ1n) is 14.7. The van der Waals surface area contributed by atoms with Crippen molar-refractivity contribution in [3.05, 3.63) is 152 Å². The van der Waals surface area contributed by atoms with Crippen molar-refractivity contribution in [3.8, 4) is 39.5 Å². The van der Waals surface area contributed by atoms with Gasteiger partial charge < -0.3 is 0 Å². The van der Waals surface area contributed by atoms with Gasteiger partial charge in [-0.25, -0.2) is 15.0 Å². The van der Waals surface area contributed by atoms with Gasteiger partial charge in [0.25, 0.3) is 0 Å². The maximum absolute atomic E-state index is 5.13. The molecule has 0 aliphatic rings. The maximum atomic E-state index is 5.13. The summed E-state index contributed by atoms with van der Waals surface area (Å²) in [6.45, 7) is 0. The third-order valence-corrected chi connectivity index (χ3v) is 8.36. The molecule has 0 atom stereocenters. The molecular formula is C39H25N5. The molecule has 0 N–H and O–H groups in total. The number of benzene rings is 5. The lowest BCUT2D eigenvalue weighted by Crippen LogP contribution is -1.97. The van der Waals surface area contributed by atoms with Crippen LogP contribution in [0.25, 0.3) is 78.1 Å². The number of pyridine rings is 2. The van der Waals surface area contributed by atoms with E-state index in [-0.39, 0.29) is 0 Å². The highest BCUT2D eigenvalue weighted by Gasteiger charge is 2.17. The van der Waals surface area contributed by atoms with Crippen LogP contribution in [0.4, 0.5) is 0 Å². The van der Waals surface area contributed by atoms with E-state index in [4.69, 9.17) is 15.0 Å². The summed E-state index contributed by atoms with van der Waals surface area (Å²) in [6, 6.07) is 50.4. The normalized spacial score (nSPS) is 11.6. The largest absolute Gasteiger partial charge is 0.298 e. The van der Waals surface area contributed by atoms with Gasteiger partial charge in [-0.3, -0.25) is 8.97 Å². The highest BCUT2D eigenvalue weighted by Crippen LogP contribution is 2.35. The molecule has 5 aromatic carbocycles. The number of nitrogens with zero attached hydrogens (tertiary/aromatic N) is 5. The van der Waals surface area contributed by atoms with Crippen molar-refractivity contribution in [2.75, 3.05) is 0 Å². The minimum absolute atomic E-state index is 0.916. The van der Waals surface area contributed by atoms with E-state index < -0.39 is 0 Å². The van der Waals surface area contributed by atoms with Gasteiger partial charge in [0.15, 0.2) is 0 Å². The number of para-hydroxylation sites is 3. The Morgan fingerprint density at radius 2 is 1.11 bits per heavy atom. The van der Waals surface area contributed by atoms with Crippen molar-refractivity contribution in [2.24, 2.45) is 0 Å². The van der Waals surface area contributed by atoms with Gasteiger partial charge in [0.05, 0.1) is 27.8 Å². The van der Waals surface area contributed by atoms with E-state index in [1.54, 1.807) is 0 Å². The highest BCUT2D eigenvalue weighted by atomic mass is 15.1. The van der Waals surface area contributed by atoms with Crippen molar-refractivity contribution in [3.63, 3.8) is 0 Å².